The summed E-state index contributed by atoms with van der Waals surface area (Å²) in [5.74, 6) is 0.697. The van der Waals surface area contributed by atoms with Crippen LogP contribution in [0.15, 0.2) is 27.1 Å². The molecule has 0 bridgehead atoms. The summed E-state index contributed by atoms with van der Waals surface area (Å²) in [7, 11) is 0. The van der Waals surface area contributed by atoms with Crippen LogP contribution in [0.4, 0.5) is 0 Å². The molecule has 0 fully saturated rings. The normalized spacial score (nSPS) is 11.2. The highest BCUT2D eigenvalue weighted by atomic mass is 79.9. The Balaban J connectivity index is 2.12. The van der Waals surface area contributed by atoms with Crippen LogP contribution in [0.2, 0.25) is 0 Å². The second-order valence-electron chi connectivity index (χ2n) is 4.70. The van der Waals surface area contributed by atoms with Crippen LogP contribution in [-0.2, 0) is 11.2 Å². The van der Waals surface area contributed by atoms with Gasteiger partial charge in [0, 0.05) is 15.5 Å². The van der Waals surface area contributed by atoms with Gasteiger partial charge in [0.25, 0.3) is 0 Å². The third-order valence-corrected chi connectivity index (χ3v) is 3.77. The summed E-state index contributed by atoms with van der Waals surface area (Å²) in [5.41, 5.74) is 1.28. The topological polar surface area (TPSA) is 21.3 Å². The Labute approximate surface area is 127 Å². The van der Waals surface area contributed by atoms with Gasteiger partial charge in [-0.15, -0.1) is 0 Å². The Hall–Kier alpha value is 0.1000. The maximum atomic E-state index is 5.62. The summed E-state index contributed by atoms with van der Waals surface area (Å²) in [6.07, 6.45) is 0.935. The first kappa shape index (κ1) is 16.2. The predicted octanol–water partition coefficient (Wildman–Crippen LogP) is 4.02. The zero-order valence-corrected chi connectivity index (χ0v) is 14.2. The lowest BCUT2D eigenvalue weighted by atomic mass is 10.2. The van der Waals surface area contributed by atoms with Gasteiger partial charge in [-0.3, -0.25) is 0 Å². The van der Waals surface area contributed by atoms with Crippen LogP contribution < -0.4 is 5.32 Å². The Kier molecular flexibility index (Phi) is 8.15. The second-order valence-corrected chi connectivity index (χ2v) is 6.47. The molecule has 1 N–H and O–H groups in total. The van der Waals surface area contributed by atoms with E-state index in [0.717, 1.165) is 41.7 Å². The van der Waals surface area contributed by atoms with Crippen molar-refractivity contribution in [2.24, 2.45) is 5.92 Å². The van der Waals surface area contributed by atoms with Crippen molar-refractivity contribution in [2.45, 2.75) is 20.3 Å². The van der Waals surface area contributed by atoms with Crippen molar-refractivity contribution in [3.63, 3.8) is 0 Å². The number of benzene rings is 1. The number of rotatable bonds is 8. The summed E-state index contributed by atoms with van der Waals surface area (Å²) in [6, 6.07) is 6.22. The van der Waals surface area contributed by atoms with E-state index in [0.29, 0.717) is 5.92 Å². The van der Waals surface area contributed by atoms with Crippen LogP contribution in [-0.4, -0.2) is 26.3 Å². The third kappa shape index (κ3) is 6.88. The van der Waals surface area contributed by atoms with Gasteiger partial charge in [-0.05, 0) is 42.6 Å². The maximum Gasteiger partial charge on any atom is 0.0591 e. The van der Waals surface area contributed by atoms with E-state index < -0.39 is 0 Å². The largest absolute Gasteiger partial charge is 0.380 e. The van der Waals surface area contributed by atoms with E-state index in [2.05, 4.69) is 63.2 Å². The number of nitrogens with one attached hydrogen (secondary N) is 1. The van der Waals surface area contributed by atoms with Gasteiger partial charge in [0.15, 0.2) is 0 Å². The lowest BCUT2D eigenvalue weighted by molar-refractivity contribution is 0.138. The van der Waals surface area contributed by atoms with Crippen LogP contribution in [0, 0.1) is 5.92 Å². The summed E-state index contributed by atoms with van der Waals surface area (Å²) in [6.45, 7) is 7.94. The Morgan fingerprint density at radius 1 is 1.22 bits per heavy atom. The SMILES string of the molecule is CC(C)CNCCOCCc1cc(Br)ccc1Br. The van der Waals surface area contributed by atoms with Crippen LogP contribution in [0.5, 0.6) is 0 Å². The minimum Gasteiger partial charge on any atom is -0.380 e. The van der Waals surface area contributed by atoms with Gasteiger partial charge in [-0.2, -0.15) is 0 Å². The van der Waals surface area contributed by atoms with Gasteiger partial charge in [0.05, 0.1) is 13.2 Å². The van der Waals surface area contributed by atoms with E-state index in [-0.39, 0.29) is 0 Å². The number of ether oxygens (including phenoxy) is 1. The first-order valence-corrected chi connectivity index (χ1v) is 7.90. The molecule has 4 heteroatoms. The molecule has 18 heavy (non-hydrogen) atoms. The van der Waals surface area contributed by atoms with Crippen LogP contribution >= 0.6 is 31.9 Å². The van der Waals surface area contributed by atoms with E-state index in [9.17, 15) is 0 Å². The zero-order chi connectivity index (χ0) is 13.4. The van der Waals surface area contributed by atoms with Gasteiger partial charge >= 0.3 is 0 Å². The molecule has 0 saturated heterocycles. The number of hydrogen-bond acceptors (Lipinski definition) is 2. The fraction of sp³-hybridized carbons (Fsp3) is 0.571. The van der Waals surface area contributed by atoms with Gasteiger partial charge in [0.1, 0.15) is 0 Å². The molecule has 1 aromatic carbocycles. The van der Waals surface area contributed by atoms with Crippen molar-refractivity contribution in [2.75, 3.05) is 26.3 Å². The molecule has 0 aliphatic rings. The fourth-order valence-corrected chi connectivity index (χ4v) is 2.41. The van der Waals surface area contributed by atoms with E-state index in [1.165, 1.54) is 5.56 Å². The van der Waals surface area contributed by atoms with Crippen LogP contribution in [0.25, 0.3) is 0 Å². The lowest BCUT2D eigenvalue weighted by Crippen LogP contribution is -2.24. The van der Waals surface area contributed by atoms with Gasteiger partial charge in [-0.25, -0.2) is 0 Å². The van der Waals surface area contributed by atoms with Crippen molar-refractivity contribution in [1.29, 1.82) is 0 Å². The maximum absolute atomic E-state index is 5.62. The summed E-state index contributed by atoms with van der Waals surface area (Å²) >= 11 is 7.03. The lowest BCUT2D eigenvalue weighted by Gasteiger charge is -2.09. The third-order valence-electron chi connectivity index (χ3n) is 2.50. The van der Waals surface area contributed by atoms with Gasteiger partial charge < -0.3 is 10.1 Å². The average Bonchev–Trinajstić information content (AvgIpc) is 2.32. The predicted molar refractivity (Wildman–Crippen MR) is 84.1 cm³/mol. The molecule has 102 valence electrons. The van der Waals surface area contributed by atoms with E-state index in [1.807, 2.05) is 6.07 Å². The molecule has 0 spiro atoms. The van der Waals surface area contributed by atoms with Crippen molar-refractivity contribution >= 4 is 31.9 Å². The molecule has 0 unspecified atom stereocenters. The molecular formula is C14H21Br2NO. The van der Waals surface area contributed by atoms with Gasteiger partial charge in [-0.1, -0.05) is 45.7 Å². The van der Waals surface area contributed by atoms with Crippen LogP contribution in [0.3, 0.4) is 0 Å². The van der Waals surface area contributed by atoms with E-state index in [4.69, 9.17) is 4.74 Å². The molecule has 0 saturated carbocycles. The summed E-state index contributed by atoms with van der Waals surface area (Å²) < 4.78 is 7.87. The minimum absolute atomic E-state index is 0.697. The highest BCUT2D eigenvalue weighted by molar-refractivity contribution is 9.11. The standard InChI is InChI=1S/C14H21Br2NO/c1-11(2)10-17-6-8-18-7-5-12-9-13(15)3-4-14(12)16/h3-4,9,11,17H,5-8,10H2,1-2H3. The molecule has 2 nitrogen and oxygen atoms in total. The van der Waals surface area contributed by atoms with E-state index in [1.54, 1.807) is 0 Å². The monoisotopic (exact) mass is 377 g/mol. The van der Waals surface area contributed by atoms with Crippen molar-refractivity contribution in [3.05, 3.63) is 32.7 Å². The molecule has 0 aliphatic heterocycles. The van der Waals surface area contributed by atoms with Gasteiger partial charge in [0.2, 0.25) is 0 Å². The Bertz CT molecular complexity index is 356. The zero-order valence-electron chi connectivity index (χ0n) is 11.0. The summed E-state index contributed by atoms with van der Waals surface area (Å²) in [5, 5.41) is 3.36. The molecule has 0 radical (unpaired) electrons. The second kappa shape index (κ2) is 9.08. The summed E-state index contributed by atoms with van der Waals surface area (Å²) in [4.78, 5) is 0. The van der Waals surface area contributed by atoms with Crippen molar-refractivity contribution in [3.8, 4) is 0 Å². The van der Waals surface area contributed by atoms with E-state index >= 15 is 0 Å². The van der Waals surface area contributed by atoms with Crippen molar-refractivity contribution in [1.82, 2.24) is 5.32 Å². The molecule has 0 heterocycles. The molecule has 0 amide bonds. The average molecular weight is 379 g/mol. The Morgan fingerprint density at radius 3 is 2.72 bits per heavy atom. The molecular weight excluding hydrogens is 358 g/mol. The number of hydrogen-bond donors (Lipinski definition) is 1. The first-order valence-electron chi connectivity index (χ1n) is 6.32. The number of halogens is 2. The quantitative estimate of drug-likeness (QED) is 0.690. The fourth-order valence-electron chi connectivity index (χ4n) is 1.55. The highest BCUT2D eigenvalue weighted by Gasteiger charge is 2.00. The molecule has 1 rings (SSSR count). The highest BCUT2D eigenvalue weighted by Crippen LogP contribution is 2.21. The molecule has 0 aliphatic carbocycles. The molecule has 0 aromatic heterocycles. The molecule has 1 aromatic rings. The first-order chi connectivity index (χ1) is 8.59. The smallest absolute Gasteiger partial charge is 0.0591 e. The molecule has 0 atom stereocenters. The Morgan fingerprint density at radius 2 is 2.00 bits per heavy atom. The van der Waals surface area contributed by atoms with Crippen molar-refractivity contribution < 1.29 is 4.74 Å². The minimum atomic E-state index is 0.697. The van der Waals surface area contributed by atoms with Crippen LogP contribution in [0.1, 0.15) is 19.4 Å².